The van der Waals surface area contributed by atoms with Crippen LogP contribution in [0.4, 0.5) is 11.4 Å². The largest absolute Gasteiger partial charge is 0.381 e. The maximum absolute atomic E-state index is 10.7. The van der Waals surface area contributed by atoms with E-state index in [0.717, 1.165) is 25.1 Å². The van der Waals surface area contributed by atoms with E-state index in [-0.39, 0.29) is 17.8 Å². The second-order valence-electron chi connectivity index (χ2n) is 5.44. The summed E-state index contributed by atoms with van der Waals surface area (Å²) in [6, 6.07) is 4.80. The summed E-state index contributed by atoms with van der Waals surface area (Å²) in [7, 11) is 0. The number of anilines is 1. The van der Waals surface area contributed by atoms with E-state index in [0.29, 0.717) is 10.9 Å². The van der Waals surface area contributed by atoms with E-state index in [4.69, 9.17) is 16.3 Å². The van der Waals surface area contributed by atoms with Gasteiger partial charge in [0.15, 0.2) is 0 Å². The van der Waals surface area contributed by atoms with Gasteiger partial charge in [-0.05, 0) is 24.8 Å². The van der Waals surface area contributed by atoms with E-state index in [1.807, 2.05) is 0 Å². The Morgan fingerprint density at radius 2 is 2.25 bits per heavy atom. The maximum atomic E-state index is 10.7. The molecule has 5 nitrogen and oxygen atoms in total. The number of benzene rings is 1. The van der Waals surface area contributed by atoms with Crippen LogP contribution in [0, 0.1) is 16.0 Å². The van der Waals surface area contributed by atoms with Gasteiger partial charge in [-0.2, -0.15) is 0 Å². The minimum Gasteiger partial charge on any atom is -0.381 e. The molecule has 110 valence electrons. The zero-order valence-corrected chi connectivity index (χ0v) is 12.4. The molecule has 2 atom stereocenters. The van der Waals surface area contributed by atoms with Gasteiger partial charge in [0.25, 0.3) is 5.69 Å². The highest BCUT2D eigenvalue weighted by Crippen LogP contribution is 2.29. The monoisotopic (exact) mass is 298 g/mol. The first kappa shape index (κ1) is 15.1. The molecule has 1 saturated heterocycles. The van der Waals surface area contributed by atoms with Crippen molar-refractivity contribution in [2.24, 2.45) is 5.92 Å². The second kappa shape index (κ2) is 6.41. The van der Waals surface area contributed by atoms with Crippen LogP contribution in [-0.2, 0) is 4.74 Å². The molecule has 1 aromatic carbocycles. The number of hydrogen-bond acceptors (Lipinski definition) is 4. The van der Waals surface area contributed by atoms with Gasteiger partial charge in [0.2, 0.25) is 0 Å². The number of nitrogens with one attached hydrogen (secondary N) is 1. The van der Waals surface area contributed by atoms with Crippen molar-refractivity contribution in [1.82, 2.24) is 0 Å². The standard InChI is InChI=1S/C14H19ClN2O3/c1-9(2)14-7-10(5-6-20-14)16-13-4-3-11(17(18)19)8-12(13)15/h3-4,8-10,14,16H,5-7H2,1-2H3. The quantitative estimate of drug-likeness (QED) is 0.677. The molecule has 0 amide bonds. The summed E-state index contributed by atoms with van der Waals surface area (Å²) in [6.45, 7) is 5.02. The lowest BCUT2D eigenvalue weighted by Crippen LogP contribution is -2.36. The van der Waals surface area contributed by atoms with Crippen molar-refractivity contribution < 1.29 is 9.66 Å². The average Bonchev–Trinajstić information content (AvgIpc) is 2.41. The zero-order chi connectivity index (χ0) is 14.7. The van der Waals surface area contributed by atoms with Crippen LogP contribution in [-0.4, -0.2) is 23.7 Å². The summed E-state index contributed by atoms with van der Waals surface area (Å²) in [5.41, 5.74) is 0.749. The van der Waals surface area contributed by atoms with Crippen LogP contribution >= 0.6 is 11.6 Å². The lowest BCUT2D eigenvalue weighted by Gasteiger charge is -2.33. The molecule has 1 fully saturated rings. The summed E-state index contributed by atoms with van der Waals surface area (Å²) in [5, 5.41) is 14.4. The molecule has 0 spiro atoms. The fraction of sp³-hybridized carbons (Fsp3) is 0.571. The molecule has 0 aromatic heterocycles. The Bertz CT molecular complexity index is 493. The Morgan fingerprint density at radius 3 is 2.85 bits per heavy atom. The predicted octanol–water partition coefficient (Wildman–Crippen LogP) is 3.86. The Kier molecular flexibility index (Phi) is 4.83. The van der Waals surface area contributed by atoms with Crippen LogP contribution in [0.5, 0.6) is 0 Å². The van der Waals surface area contributed by atoms with E-state index in [9.17, 15) is 10.1 Å². The van der Waals surface area contributed by atoms with Gasteiger partial charge in [-0.1, -0.05) is 25.4 Å². The van der Waals surface area contributed by atoms with Crippen LogP contribution in [0.25, 0.3) is 0 Å². The summed E-state index contributed by atoms with van der Waals surface area (Å²) in [4.78, 5) is 10.2. The van der Waals surface area contributed by atoms with Crippen molar-refractivity contribution in [3.8, 4) is 0 Å². The van der Waals surface area contributed by atoms with E-state index >= 15 is 0 Å². The molecule has 1 aliphatic heterocycles. The van der Waals surface area contributed by atoms with Crippen molar-refractivity contribution in [3.05, 3.63) is 33.3 Å². The number of rotatable bonds is 4. The molecule has 1 aliphatic rings. The third kappa shape index (κ3) is 3.61. The first-order valence-corrected chi connectivity index (χ1v) is 7.17. The van der Waals surface area contributed by atoms with Crippen LogP contribution in [0.2, 0.25) is 5.02 Å². The van der Waals surface area contributed by atoms with Gasteiger partial charge in [-0.3, -0.25) is 10.1 Å². The smallest absolute Gasteiger partial charge is 0.271 e. The first-order chi connectivity index (χ1) is 9.47. The molecular weight excluding hydrogens is 280 g/mol. The maximum Gasteiger partial charge on any atom is 0.271 e. The van der Waals surface area contributed by atoms with Crippen molar-refractivity contribution in [1.29, 1.82) is 0 Å². The Hall–Kier alpha value is -1.33. The van der Waals surface area contributed by atoms with Gasteiger partial charge < -0.3 is 10.1 Å². The van der Waals surface area contributed by atoms with Gasteiger partial charge in [0.1, 0.15) is 0 Å². The molecule has 6 heteroatoms. The van der Waals surface area contributed by atoms with Gasteiger partial charge in [0.05, 0.1) is 21.7 Å². The van der Waals surface area contributed by atoms with E-state index < -0.39 is 4.92 Å². The van der Waals surface area contributed by atoms with Crippen molar-refractivity contribution in [3.63, 3.8) is 0 Å². The predicted molar refractivity (Wildman–Crippen MR) is 79.3 cm³/mol. The van der Waals surface area contributed by atoms with Crippen LogP contribution < -0.4 is 5.32 Å². The van der Waals surface area contributed by atoms with Gasteiger partial charge in [-0.25, -0.2) is 0 Å². The van der Waals surface area contributed by atoms with Crippen molar-refractivity contribution >= 4 is 23.0 Å². The Morgan fingerprint density at radius 1 is 1.50 bits per heavy atom. The molecule has 0 aliphatic carbocycles. The fourth-order valence-electron chi connectivity index (χ4n) is 2.38. The summed E-state index contributed by atoms with van der Waals surface area (Å²) < 4.78 is 5.73. The minimum atomic E-state index is -0.446. The lowest BCUT2D eigenvalue weighted by molar-refractivity contribution is -0.384. The van der Waals surface area contributed by atoms with Crippen LogP contribution in [0.3, 0.4) is 0 Å². The third-order valence-electron chi connectivity index (χ3n) is 3.58. The normalized spacial score (nSPS) is 22.8. The van der Waals surface area contributed by atoms with Gasteiger partial charge in [-0.15, -0.1) is 0 Å². The molecule has 2 rings (SSSR count). The second-order valence-corrected chi connectivity index (χ2v) is 5.85. The molecule has 1 N–H and O–H groups in total. The number of non-ortho nitro benzene ring substituents is 1. The molecule has 0 saturated carbocycles. The molecule has 1 aromatic rings. The highest BCUT2D eigenvalue weighted by Gasteiger charge is 2.25. The SMILES string of the molecule is CC(C)C1CC(Nc2ccc([N+](=O)[O-])cc2Cl)CCO1. The summed E-state index contributed by atoms with van der Waals surface area (Å²) in [6.07, 6.45) is 2.08. The minimum absolute atomic E-state index is 0.00702. The number of nitrogens with zero attached hydrogens (tertiary/aromatic N) is 1. The summed E-state index contributed by atoms with van der Waals surface area (Å²) in [5.74, 6) is 0.479. The first-order valence-electron chi connectivity index (χ1n) is 6.79. The van der Waals surface area contributed by atoms with E-state index in [1.54, 1.807) is 6.07 Å². The van der Waals surface area contributed by atoms with Crippen molar-refractivity contribution in [2.75, 3.05) is 11.9 Å². The molecule has 20 heavy (non-hydrogen) atoms. The van der Waals surface area contributed by atoms with E-state index in [2.05, 4.69) is 19.2 Å². The molecule has 0 bridgehead atoms. The number of nitro groups is 1. The fourth-order valence-corrected chi connectivity index (χ4v) is 2.61. The third-order valence-corrected chi connectivity index (χ3v) is 3.89. The topological polar surface area (TPSA) is 64.4 Å². The average molecular weight is 299 g/mol. The Balaban J connectivity index is 2.04. The molecule has 2 unspecified atom stereocenters. The molecule has 1 heterocycles. The molecular formula is C14H19ClN2O3. The van der Waals surface area contributed by atoms with Crippen molar-refractivity contribution in [2.45, 2.75) is 38.8 Å². The highest BCUT2D eigenvalue weighted by molar-refractivity contribution is 6.33. The number of hydrogen-bond donors (Lipinski definition) is 1. The van der Waals surface area contributed by atoms with Gasteiger partial charge >= 0.3 is 0 Å². The van der Waals surface area contributed by atoms with E-state index in [1.165, 1.54) is 12.1 Å². The zero-order valence-electron chi connectivity index (χ0n) is 11.6. The summed E-state index contributed by atoms with van der Waals surface area (Å²) >= 11 is 6.09. The van der Waals surface area contributed by atoms with Crippen LogP contribution in [0.15, 0.2) is 18.2 Å². The number of halogens is 1. The Labute approximate surface area is 123 Å². The number of ether oxygens (including phenoxy) is 1. The molecule has 0 radical (unpaired) electrons. The lowest BCUT2D eigenvalue weighted by atomic mass is 9.95. The van der Waals surface area contributed by atoms with Gasteiger partial charge in [0, 0.05) is 24.8 Å². The highest BCUT2D eigenvalue weighted by atomic mass is 35.5. The van der Waals surface area contributed by atoms with Crippen LogP contribution in [0.1, 0.15) is 26.7 Å². The number of nitro benzene ring substituents is 1.